The maximum absolute atomic E-state index is 10.9. The van der Waals surface area contributed by atoms with Crippen LogP contribution in [0.2, 0.25) is 0 Å². The van der Waals surface area contributed by atoms with Crippen LogP contribution in [0.5, 0.6) is 0 Å². The third kappa shape index (κ3) is 5.72. The minimum absolute atomic E-state index is 0.246. The molecule has 0 fully saturated rings. The molecule has 12 heavy (non-hydrogen) atoms. The number of esters is 1. The van der Waals surface area contributed by atoms with Gasteiger partial charge in [0, 0.05) is 5.88 Å². The number of carbonyl (C=O) groups excluding carboxylic acids is 1. The van der Waals surface area contributed by atoms with Gasteiger partial charge in [0.1, 0.15) is 0 Å². The summed E-state index contributed by atoms with van der Waals surface area (Å²) in [6.07, 6.45) is 3.81. The van der Waals surface area contributed by atoms with Crippen LogP contribution >= 0.6 is 24.2 Å². The number of rotatable bonds is 6. The number of carbonyl (C=O) groups is 1. The normalized spacial score (nSPS) is 12.6. The Hall–Kier alpha value is 0.110. The molecule has 0 aliphatic carbocycles. The molecular weight excluding hydrogens is 196 g/mol. The van der Waals surface area contributed by atoms with Gasteiger partial charge in [-0.3, -0.25) is 4.79 Å². The van der Waals surface area contributed by atoms with Crippen LogP contribution in [0.3, 0.4) is 0 Å². The van der Waals surface area contributed by atoms with Crippen molar-refractivity contribution in [2.24, 2.45) is 0 Å². The topological polar surface area (TPSA) is 26.3 Å². The van der Waals surface area contributed by atoms with Crippen LogP contribution in [0.15, 0.2) is 0 Å². The first-order valence-corrected chi connectivity index (χ1v) is 5.09. The molecule has 0 amide bonds. The van der Waals surface area contributed by atoms with Crippen molar-refractivity contribution in [1.29, 1.82) is 0 Å². The maximum atomic E-state index is 10.9. The summed E-state index contributed by atoms with van der Waals surface area (Å²) >= 11 is 9.60. The molecule has 0 aromatic heterocycles. The monoisotopic (exact) mass is 210 g/mol. The number of alkyl halides is 1. The standard InChI is InChI=1S/C8H15ClO2S/c1-11-8(10)7(12)5-3-2-4-6-9/h7,12H,2-6H2,1H3. The van der Waals surface area contributed by atoms with E-state index in [4.69, 9.17) is 11.6 Å². The lowest BCUT2D eigenvalue weighted by atomic mass is 10.1. The van der Waals surface area contributed by atoms with Crippen molar-refractivity contribution in [3.8, 4) is 0 Å². The molecule has 0 aliphatic rings. The van der Waals surface area contributed by atoms with Gasteiger partial charge in [-0.1, -0.05) is 12.8 Å². The van der Waals surface area contributed by atoms with Crippen LogP contribution in [-0.2, 0) is 9.53 Å². The third-order valence-electron chi connectivity index (χ3n) is 1.58. The Balaban J connectivity index is 3.31. The second-order valence-corrected chi connectivity index (χ2v) is 3.58. The number of halogens is 1. The molecule has 72 valence electrons. The summed E-state index contributed by atoms with van der Waals surface area (Å²) in [5.41, 5.74) is 0. The summed E-state index contributed by atoms with van der Waals surface area (Å²) < 4.78 is 4.53. The minimum atomic E-state index is -0.273. The first-order chi connectivity index (χ1) is 5.72. The van der Waals surface area contributed by atoms with E-state index in [-0.39, 0.29) is 11.2 Å². The summed E-state index contributed by atoms with van der Waals surface area (Å²) in [4.78, 5) is 10.9. The van der Waals surface area contributed by atoms with Crippen molar-refractivity contribution in [3.63, 3.8) is 0 Å². The van der Waals surface area contributed by atoms with Crippen LogP contribution in [0.1, 0.15) is 25.7 Å². The van der Waals surface area contributed by atoms with E-state index in [0.717, 1.165) is 25.7 Å². The second kappa shape index (κ2) is 7.74. The Labute approximate surface area is 84.0 Å². The van der Waals surface area contributed by atoms with E-state index in [2.05, 4.69) is 17.4 Å². The van der Waals surface area contributed by atoms with Gasteiger partial charge in [0.25, 0.3) is 0 Å². The Morgan fingerprint density at radius 1 is 1.50 bits per heavy atom. The molecule has 0 N–H and O–H groups in total. The highest BCUT2D eigenvalue weighted by atomic mass is 35.5. The van der Waals surface area contributed by atoms with Crippen molar-refractivity contribution in [2.75, 3.05) is 13.0 Å². The molecule has 0 saturated heterocycles. The van der Waals surface area contributed by atoms with E-state index in [9.17, 15) is 4.79 Å². The van der Waals surface area contributed by atoms with E-state index in [1.165, 1.54) is 7.11 Å². The summed E-state index contributed by atoms with van der Waals surface area (Å²) in [6.45, 7) is 0. The highest BCUT2D eigenvalue weighted by molar-refractivity contribution is 7.81. The fourth-order valence-corrected chi connectivity index (χ4v) is 1.34. The van der Waals surface area contributed by atoms with E-state index in [0.29, 0.717) is 5.88 Å². The van der Waals surface area contributed by atoms with E-state index in [1.54, 1.807) is 0 Å². The Bertz CT molecular complexity index is 130. The first-order valence-electron chi connectivity index (χ1n) is 4.04. The molecule has 0 spiro atoms. The molecule has 0 bridgehead atoms. The smallest absolute Gasteiger partial charge is 0.318 e. The highest BCUT2D eigenvalue weighted by Crippen LogP contribution is 2.10. The first kappa shape index (κ1) is 12.1. The summed E-state index contributed by atoms with van der Waals surface area (Å²) in [7, 11) is 1.38. The van der Waals surface area contributed by atoms with Gasteiger partial charge in [0.2, 0.25) is 0 Å². The Morgan fingerprint density at radius 3 is 2.67 bits per heavy atom. The average molecular weight is 211 g/mol. The lowest BCUT2D eigenvalue weighted by Gasteiger charge is -2.06. The van der Waals surface area contributed by atoms with Crippen LogP contribution < -0.4 is 0 Å². The lowest BCUT2D eigenvalue weighted by molar-refractivity contribution is -0.140. The zero-order valence-electron chi connectivity index (χ0n) is 7.25. The van der Waals surface area contributed by atoms with E-state index in [1.807, 2.05) is 0 Å². The largest absolute Gasteiger partial charge is 0.468 e. The van der Waals surface area contributed by atoms with Crippen molar-refractivity contribution >= 4 is 30.2 Å². The minimum Gasteiger partial charge on any atom is -0.468 e. The van der Waals surface area contributed by atoms with Gasteiger partial charge in [-0.25, -0.2) is 0 Å². The third-order valence-corrected chi connectivity index (χ3v) is 2.32. The van der Waals surface area contributed by atoms with Crippen molar-refractivity contribution in [2.45, 2.75) is 30.9 Å². The van der Waals surface area contributed by atoms with Crippen molar-refractivity contribution < 1.29 is 9.53 Å². The molecule has 0 heterocycles. The SMILES string of the molecule is COC(=O)C(S)CCCCCCl. The van der Waals surface area contributed by atoms with Gasteiger partial charge >= 0.3 is 5.97 Å². The zero-order valence-corrected chi connectivity index (χ0v) is 8.90. The van der Waals surface area contributed by atoms with E-state index < -0.39 is 0 Å². The van der Waals surface area contributed by atoms with Gasteiger partial charge < -0.3 is 4.74 Å². The fourth-order valence-electron chi connectivity index (χ4n) is 0.863. The zero-order chi connectivity index (χ0) is 9.40. The quantitative estimate of drug-likeness (QED) is 0.315. The van der Waals surface area contributed by atoms with Crippen molar-refractivity contribution in [3.05, 3.63) is 0 Å². The van der Waals surface area contributed by atoms with Gasteiger partial charge in [0.15, 0.2) is 0 Å². The number of hydrogen-bond donors (Lipinski definition) is 1. The molecule has 0 radical (unpaired) electrons. The number of thiol groups is 1. The van der Waals surface area contributed by atoms with Crippen LogP contribution in [0, 0.1) is 0 Å². The van der Waals surface area contributed by atoms with Crippen LogP contribution in [0.25, 0.3) is 0 Å². The summed E-state index contributed by atoms with van der Waals surface area (Å²) in [5.74, 6) is 0.444. The summed E-state index contributed by atoms with van der Waals surface area (Å²) in [5, 5.41) is -0.273. The Kier molecular flexibility index (Phi) is 7.81. The summed E-state index contributed by atoms with van der Waals surface area (Å²) in [6, 6.07) is 0. The maximum Gasteiger partial charge on any atom is 0.318 e. The van der Waals surface area contributed by atoms with Gasteiger partial charge in [-0.15, -0.1) is 11.6 Å². The average Bonchev–Trinajstić information content (AvgIpc) is 2.10. The number of ether oxygens (including phenoxy) is 1. The second-order valence-electron chi connectivity index (χ2n) is 2.58. The molecule has 0 aromatic rings. The van der Waals surface area contributed by atoms with E-state index >= 15 is 0 Å². The molecule has 0 rings (SSSR count). The number of hydrogen-bond acceptors (Lipinski definition) is 3. The van der Waals surface area contributed by atoms with Gasteiger partial charge in [-0.05, 0) is 12.8 Å². The molecule has 2 nitrogen and oxygen atoms in total. The molecule has 1 unspecified atom stereocenters. The van der Waals surface area contributed by atoms with Crippen LogP contribution in [0.4, 0.5) is 0 Å². The van der Waals surface area contributed by atoms with Gasteiger partial charge in [-0.2, -0.15) is 12.6 Å². The number of unbranched alkanes of at least 4 members (excludes halogenated alkanes) is 2. The van der Waals surface area contributed by atoms with Gasteiger partial charge in [0.05, 0.1) is 12.4 Å². The lowest BCUT2D eigenvalue weighted by Crippen LogP contribution is -2.15. The van der Waals surface area contributed by atoms with Crippen molar-refractivity contribution in [1.82, 2.24) is 0 Å². The molecule has 0 saturated carbocycles. The molecule has 1 atom stereocenters. The van der Waals surface area contributed by atoms with Crippen LogP contribution in [-0.4, -0.2) is 24.2 Å². The number of methoxy groups -OCH3 is 1. The fraction of sp³-hybridized carbons (Fsp3) is 0.875. The molecule has 0 aliphatic heterocycles. The molecule has 4 heteroatoms. The Morgan fingerprint density at radius 2 is 2.17 bits per heavy atom. The molecule has 0 aromatic carbocycles. The molecular formula is C8H15ClO2S. The predicted octanol–water partition coefficient (Wildman–Crippen LogP) is 2.26. The predicted molar refractivity (Wildman–Crippen MR) is 54.0 cm³/mol. The highest BCUT2D eigenvalue weighted by Gasteiger charge is 2.12.